The van der Waals surface area contributed by atoms with Crippen LogP contribution in [0.1, 0.15) is 16.1 Å². The van der Waals surface area contributed by atoms with Gasteiger partial charge in [-0.25, -0.2) is 4.98 Å². The number of aromatic nitrogens is 2. The summed E-state index contributed by atoms with van der Waals surface area (Å²) in [4.78, 5) is 48.8. The number of hydrogen-bond donors (Lipinski definition) is 4. The van der Waals surface area contributed by atoms with Gasteiger partial charge in [-0.2, -0.15) is 0 Å². The molecule has 0 saturated carbocycles. The van der Waals surface area contributed by atoms with Gasteiger partial charge < -0.3 is 30.3 Å². The van der Waals surface area contributed by atoms with Crippen molar-refractivity contribution in [1.29, 1.82) is 0 Å². The fourth-order valence-electron chi connectivity index (χ4n) is 4.41. The first kappa shape index (κ1) is 22.3. The second kappa shape index (κ2) is 8.71. The summed E-state index contributed by atoms with van der Waals surface area (Å²) in [5.41, 5.74) is 2.30. The lowest BCUT2D eigenvalue weighted by molar-refractivity contribution is -0.131. The van der Waals surface area contributed by atoms with Crippen LogP contribution < -0.4 is 10.2 Å². The molecule has 3 amide bonds. The Bertz CT molecular complexity index is 1280. The molecule has 0 radical (unpaired) electrons. The number of amides is 3. The molecule has 11 heteroatoms. The van der Waals surface area contributed by atoms with E-state index in [1.54, 1.807) is 24.3 Å². The van der Waals surface area contributed by atoms with Gasteiger partial charge in [0.25, 0.3) is 5.91 Å². The van der Waals surface area contributed by atoms with Gasteiger partial charge in [-0.15, -0.1) is 0 Å². The molecule has 0 spiro atoms. The number of hydrogen-bond acceptors (Lipinski definition) is 6. The summed E-state index contributed by atoms with van der Waals surface area (Å²) < 4.78 is 0. The minimum Gasteiger partial charge on any atom is -0.388 e. The number of pyridine rings is 1. The first-order valence-electron chi connectivity index (χ1n) is 10.8. The molecule has 2 aliphatic rings. The molecule has 3 aromatic rings. The van der Waals surface area contributed by atoms with Crippen molar-refractivity contribution >= 4 is 45.9 Å². The van der Waals surface area contributed by atoms with Crippen molar-refractivity contribution < 1.29 is 24.6 Å². The van der Waals surface area contributed by atoms with Crippen molar-refractivity contribution in [3.8, 4) is 0 Å². The summed E-state index contributed by atoms with van der Waals surface area (Å²) in [6.45, 7) is -0.260. The number of H-pyrrole nitrogens is 1. The van der Waals surface area contributed by atoms with Gasteiger partial charge in [-0.1, -0.05) is 29.8 Å². The van der Waals surface area contributed by atoms with E-state index < -0.39 is 36.0 Å². The minimum atomic E-state index is -1.01. The van der Waals surface area contributed by atoms with Gasteiger partial charge in [0.2, 0.25) is 11.8 Å². The number of aromatic amines is 1. The number of rotatable bonds is 4. The highest BCUT2D eigenvalue weighted by atomic mass is 35.5. The molecular formula is C23H22ClN5O5. The van der Waals surface area contributed by atoms with Gasteiger partial charge >= 0.3 is 0 Å². The molecule has 34 heavy (non-hydrogen) atoms. The zero-order valence-electron chi connectivity index (χ0n) is 17.9. The second-order valence-corrected chi connectivity index (χ2v) is 8.88. The Labute approximate surface area is 199 Å². The van der Waals surface area contributed by atoms with E-state index in [-0.39, 0.29) is 31.7 Å². The number of benzene rings is 1. The highest BCUT2D eigenvalue weighted by molar-refractivity contribution is 6.30. The predicted molar refractivity (Wildman–Crippen MR) is 123 cm³/mol. The van der Waals surface area contributed by atoms with Gasteiger partial charge in [0.1, 0.15) is 23.4 Å². The Balaban J connectivity index is 1.36. The maximum Gasteiger partial charge on any atom is 0.268 e. The average Bonchev–Trinajstić information content (AvgIpc) is 3.39. The number of likely N-dealkylation sites (tertiary alicyclic amines) is 1. The molecule has 176 valence electrons. The molecule has 1 aromatic carbocycles. The van der Waals surface area contributed by atoms with Gasteiger partial charge in [0.05, 0.1) is 23.9 Å². The molecule has 4 N–H and O–H groups in total. The molecule has 4 heterocycles. The lowest BCUT2D eigenvalue weighted by atomic mass is 9.96. The maximum atomic E-state index is 13.4. The van der Waals surface area contributed by atoms with Gasteiger partial charge in [0, 0.05) is 30.6 Å². The Kier molecular flexibility index (Phi) is 5.72. The van der Waals surface area contributed by atoms with Crippen LogP contribution in [0.3, 0.4) is 0 Å². The number of para-hydroxylation sites is 1. The van der Waals surface area contributed by atoms with Crippen LogP contribution in [0.4, 0.5) is 5.69 Å². The van der Waals surface area contributed by atoms with Crippen LogP contribution >= 0.6 is 11.6 Å². The number of carbonyl (C=O) groups is 3. The predicted octanol–water partition coefficient (Wildman–Crippen LogP) is 0.468. The third kappa shape index (κ3) is 4.11. The van der Waals surface area contributed by atoms with Crippen molar-refractivity contribution in [2.75, 3.05) is 24.5 Å². The third-order valence-corrected chi connectivity index (χ3v) is 6.40. The van der Waals surface area contributed by atoms with E-state index in [1.807, 2.05) is 12.1 Å². The lowest BCUT2D eigenvalue weighted by Gasteiger charge is -2.34. The fraction of sp³-hybridized carbons (Fsp3) is 0.304. The van der Waals surface area contributed by atoms with E-state index in [9.17, 15) is 24.6 Å². The molecule has 3 atom stereocenters. The number of anilines is 1. The van der Waals surface area contributed by atoms with Gasteiger partial charge in [-0.05, 0) is 23.8 Å². The Hall–Kier alpha value is -3.47. The van der Waals surface area contributed by atoms with Crippen molar-refractivity contribution in [2.24, 2.45) is 0 Å². The van der Waals surface area contributed by atoms with Gasteiger partial charge in [-0.3, -0.25) is 14.4 Å². The van der Waals surface area contributed by atoms with E-state index in [4.69, 9.17) is 11.6 Å². The Morgan fingerprint density at radius 2 is 1.91 bits per heavy atom. The summed E-state index contributed by atoms with van der Waals surface area (Å²) in [5.74, 6) is -1.28. The molecular weight excluding hydrogens is 462 g/mol. The number of aliphatic hydroxyl groups excluding tert-OH is 2. The molecule has 2 aromatic heterocycles. The molecule has 0 aliphatic carbocycles. The molecule has 0 bridgehead atoms. The number of carbonyl (C=O) groups excluding carboxylic acids is 3. The molecule has 10 nitrogen and oxygen atoms in total. The summed E-state index contributed by atoms with van der Waals surface area (Å²) >= 11 is 5.92. The normalized spacial score (nSPS) is 22.2. The topological polar surface area (TPSA) is 139 Å². The van der Waals surface area contributed by atoms with Crippen molar-refractivity contribution in [3.63, 3.8) is 0 Å². The molecule has 5 rings (SSSR count). The van der Waals surface area contributed by atoms with Crippen molar-refractivity contribution in [1.82, 2.24) is 20.2 Å². The number of nitrogens with zero attached hydrogens (tertiary/aromatic N) is 3. The smallest absolute Gasteiger partial charge is 0.268 e. The van der Waals surface area contributed by atoms with Crippen LogP contribution in [0.15, 0.2) is 42.6 Å². The van der Waals surface area contributed by atoms with E-state index in [1.165, 1.54) is 16.0 Å². The van der Waals surface area contributed by atoms with E-state index in [0.29, 0.717) is 21.7 Å². The zero-order chi connectivity index (χ0) is 24.0. The van der Waals surface area contributed by atoms with Crippen LogP contribution in [0, 0.1) is 0 Å². The largest absolute Gasteiger partial charge is 0.388 e. The molecule has 1 fully saturated rings. The minimum absolute atomic E-state index is 0.00307. The maximum absolute atomic E-state index is 13.4. The average molecular weight is 484 g/mol. The highest BCUT2D eigenvalue weighted by Gasteiger charge is 2.38. The van der Waals surface area contributed by atoms with Crippen molar-refractivity contribution in [3.05, 3.63) is 59.0 Å². The quantitative estimate of drug-likeness (QED) is 0.398. The number of β-amino-alcohol motifs (C(OH)–C–C–N with tert-alkyl or cyclic N) is 2. The first-order chi connectivity index (χ1) is 16.3. The molecule has 1 unspecified atom stereocenters. The summed E-state index contributed by atoms with van der Waals surface area (Å²) in [5, 5.41) is 23.3. The summed E-state index contributed by atoms with van der Waals surface area (Å²) in [6.07, 6.45) is -0.223. The second-order valence-electron chi connectivity index (χ2n) is 8.49. The standard InChI is InChI=1S/C23H22ClN5O5/c24-20-7-13-6-14(26-16(13)8-25-20)22(33)27-15-5-12-3-1-2-4-17(12)29(23(15)34)11-21(32)28-9-18(30)19(31)10-28/h1-4,6-8,15,18-19,26,30-31H,5,9-11H2,(H,27,33)/t15?,18-,19+. The van der Waals surface area contributed by atoms with Crippen LogP contribution in [-0.2, 0) is 16.0 Å². The van der Waals surface area contributed by atoms with Crippen LogP contribution in [0.5, 0.6) is 0 Å². The summed E-state index contributed by atoms with van der Waals surface area (Å²) in [6, 6.07) is 9.58. The number of halogens is 1. The van der Waals surface area contributed by atoms with E-state index in [0.717, 1.165) is 5.56 Å². The van der Waals surface area contributed by atoms with Crippen LogP contribution in [0.2, 0.25) is 5.15 Å². The SMILES string of the molecule is O=C(NC1Cc2ccccc2N(CC(=O)N2C[C@@H](O)[C@@H](O)C2)C1=O)c1cc2cc(Cl)ncc2[nH]1. The molecule has 2 aliphatic heterocycles. The van der Waals surface area contributed by atoms with E-state index >= 15 is 0 Å². The van der Waals surface area contributed by atoms with Crippen LogP contribution in [-0.4, -0.2) is 80.7 Å². The Morgan fingerprint density at radius 1 is 1.18 bits per heavy atom. The first-order valence-corrected chi connectivity index (χ1v) is 11.2. The number of nitrogens with one attached hydrogen (secondary N) is 2. The number of fused-ring (bicyclic) bond motifs is 2. The molecule has 1 saturated heterocycles. The summed E-state index contributed by atoms with van der Waals surface area (Å²) in [7, 11) is 0. The highest BCUT2D eigenvalue weighted by Crippen LogP contribution is 2.28. The van der Waals surface area contributed by atoms with Crippen LogP contribution in [0.25, 0.3) is 10.9 Å². The lowest BCUT2D eigenvalue weighted by Crippen LogP contribution is -2.55. The Morgan fingerprint density at radius 3 is 2.68 bits per heavy atom. The fourth-order valence-corrected chi connectivity index (χ4v) is 4.57. The van der Waals surface area contributed by atoms with E-state index in [2.05, 4.69) is 15.3 Å². The van der Waals surface area contributed by atoms with Crippen molar-refractivity contribution in [2.45, 2.75) is 24.7 Å². The van der Waals surface area contributed by atoms with Gasteiger partial charge in [0.15, 0.2) is 0 Å². The zero-order valence-corrected chi connectivity index (χ0v) is 18.7. The third-order valence-electron chi connectivity index (χ3n) is 6.20. The number of aliphatic hydroxyl groups is 2. The monoisotopic (exact) mass is 483 g/mol.